The largest absolute Gasteiger partial charge is 0.358 e. The Labute approximate surface area is 107 Å². The third-order valence-electron chi connectivity index (χ3n) is 2.12. The second-order valence-electron chi connectivity index (χ2n) is 3.31. The molecule has 17 heavy (non-hydrogen) atoms. The van der Waals surface area contributed by atoms with Crippen molar-refractivity contribution in [3.8, 4) is 0 Å². The molecule has 0 fully saturated rings. The van der Waals surface area contributed by atoms with Gasteiger partial charge in [-0.15, -0.1) is 0 Å². The highest BCUT2D eigenvalue weighted by Crippen LogP contribution is 2.23. The number of halogens is 1. The van der Waals surface area contributed by atoms with Gasteiger partial charge in [0, 0.05) is 29.7 Å². The van der Waals surface area contributed by atoms with Gasteiger partial charge in [0.25, 0.3) is 5.69 Å². The smallest absolute Gasteiger partial charge is 0.275 e. The first kappa shape index (κ1) is 13.6. The van der Waals surface area contributed by atoms with Crippen LogP contribution in [0.4, 0.5) is 5.69 Å². The van der Waals surface area contributed by atoms with Gasteiger partial charge in [0.05, 0.1) is 11.5 Å². The van der Waals surface area contributed by atoms with E-state index in [0.717, 1.165) is 0 Å². The maximum Gasteiger partial charge on any atom is 0.275 e. The SMILES string of the molecule is CNC(=O)CNCc1ccc(Br)cc1[N+](=O)[O-]. The van der Waals surface area contributed by atoms with Crippen LogP contribution in [-0.4, -0.2) is 24.4 Å². The van der Waals surface area contributed by atoms with E-state index in [2.05, 4.69) is 26.6 Å². The fraction of sp³-hybridized carbons (Fsp3) is 0.300. The van der Waals surface area contributed by atoms with Crippen LogP contribution in [0.15, 0.2) is 22.7 Å². The van der Waals surface area contributed by atoms with E-state index < -0.39 is 4.92 Å². The minimum absolute atomic E-state index is 0.0313. The second-order valence-corrected chi connectivity index (χ2v) is 4.22. The van der Waals surface area contributed by atoms with Crippen molar-refractivity contribution >= 4 is 27.5 Å². The second kappa shape index (κ2) is 6.31. The molecule has 0 radical (unpaired) electrons. The van der Waals surface area contributed by atoms with Gasteiger partial charge in [0.2, 0.25) is 5.91 Å². The van der Waals surface area contributed by atoms with E-state index in [1.165, 1.54) is 13.1 Å². The van der Waals surface area contributed by atoms with Gasteiger partial charge in [-0.2, -0.15) is 0 Å². The summed E-state index contributed by atoms with van der Waals surface area (Å²) in [5.41, 5.74) is 0.575. The summed E-state index contributed by atoms with van der Waals surface area (Å²) >= 11 is 3.18. The number of likely N-dealkylation sites (N-methyl/N-ethyl adjacent to an activating group) is 1. The highest BCUT2D eigenvalue weighted by atomic mass is 79.9. The van der Waals surface area contributed by atoms with Crippen molar-refractivity contribution in [2.24, 2.45) is 0 Å². The molecule has 0 aliphatic rings. The normalized spacial score (nSPS) is 10.0. The van der Waals surface area contributed by atoms with Gasteiger partial charge in [-0.1, -0.05) is 15.9 Å². The molecule has 0 heterocycles. The summed E-state index contributed by atoms with van der Waals surface area (Å²) in [6.45, 7) is 0.404. The van der Waals surface area contributed by atoms with E-state index in [1.807, 2.05) is 0 Å². The molecule has 6 nitrogen and oxygen atoms in total. The summed E-state index contributed by atoms with van der Waals surface area (Å²) < 4.78 is 0.652. The molecule has 0 aliphatic carbocycles. The van der Waals surface area contributed by atoms with E-state index in [1.54, 1.807) is 12.1 Å². The number of rotatable bonds is 5. The maximum atomic E-state index is 11.0. The predicted molar refractivity (Wildman–Crippen MR) is 66.6 cm³/mol. The topological polar surface area (TPSA) is 84.3 Å². The summed E-state index contributed by atoms with van der Waals surface area (Å²) in [7, 11) is 1.53. The van der Waals surface area contributed by atoms with Crippen LogP contribution < -0.4 is 10.6 Å². The summed E-state index contributed by atoms with van der Waals surface area (Å²) in [5, 5.41) is 16.1. The van der Waals surface area contributed by atoms with E-state index in [9.17, 15) is 14.9 Å². The van der Waals surface area contributed by atoms with E-state index in [0.29, 0.717) is 10.0 Å². The van der Waals surface area contributed by atoms with Gasteiger partial charge in [0.15, 0.2) is 0 Å². The minimum Gasteiger partial charge on any atom is -0.358 e. The van der Waals surface area contributed by atoms with Crippen LogP contribution in [0.2, 0.25) is 0 Å². The minimum atomic E-state index is -0.443. The van der Waals surface area contributed by atoms with Gasteiger partial charge in [-0.3, -0.25) is 14.9 Å². The Morgan fingerprint density at radius 1 is 1.53 bits per heavy atom. The first-order valence-electron chi connectivity index (χ1n) is 4.88. The molecular formula is C10H12BrN3O3. The van der Waals surface area contributed by atoms with Crippen molar-refractivity contribution < 1.29 is 9.72 Å². The van der Waals surface area contributed by atoms with Crippen molar-refractivity contribution in [3.05, 3.63) is 38.3 Å². The molecule has 0 saturated heterocycles. The highest BCUT2D eigenvalue weighted by Gasteiger charge is 2.13. The molecule has 0 unspecified atom stereocenters. The summed E-state index contributed by atoms with van der Waals surface area (Å²) in [5.74, 6) is -0.162. The zero-order chi connectivity index (χ0) is 12.8. The third kappa shape index (κ3) is 4.12. The number of carbonyl (C=O) groups excluding carboxylic acids is 1. The van der Waals surface area contributed by atoms with Crippen molar-refractivity contribution in [1.82, 2.24) is 10.6 Å². The first-order valence-corrected chi connectivity index (χ1v) is 5.68. The third-order valence-corrected chi connectivity index (χ3v) is 2.62. The lowest BCUT2D eigenvalue weighted by molar-refractivity contribution is -0.385. The number of hydrogen-bond acceptors (Lipinski definition) is 4. The van der Waals surface area contributed by atoms with Gasteiger partial charge in [0.1, 0.15) is 0 Å². The lowest BCUT2D eigenvalue weighted by Crippen LogP contribution is -2.31. The molecule has 0 aliphatic heterocycles. The van der Waals surface area contributed by atoms with E-state index >= 15 is 0 Å². The number of benzene rings is 1. The van der Waals surface area contributed by atoms with Crippen LogP contribution in [0.25, 0.3) is 0 Å². The average molecular weight is 302 g/mol. The number of nitro groups is 1. The summed E-state index contributed by atoms with van der Waals surface area (Å²) in [6, 6.07) is 4.82. The number of carbonyl (C=O) groups is 1. The fourth-order valence-electron chi connectivity index (χ4n) is 1.26. The van der Waals surface area contributed by atoms with Crippen LogP contribution in [-0.2, 0) is 11.3 Å². The van der Waals surface area contributed by atoms with Gasteiger partial charge in [-0.05, 0) is 12.1 Å². The Bertz CT molecular complexity index is 437. The number of amides is 1. The van der Waals surface area contributed by atoms with Crippen LogP contribution in [0.5, 0.6) is 0 Å². The maximum absolute atomic E-state index is 11.0. The molecule has 1 aromatic carbocycles. The molecule has 7 heteroatoms. The standard InChI is InChI=1S/C10H12BrN3O3/c1-12-10(15)6-13-5-7-2-3-8(11)4-9(7)14(16)17/h2-4,13H,5-6H2,1H3,(H,12,15). The lowest BCUT2D eigenvalue weighted by Gasteiger charge is -2.05. The predicted octanol–water partition coefficient (Wildman–Crippen LogP) is 1.19. The van der Waals surface area contributed by atoms with Crippen molar-refractivity contribution in [3.63, 3.8) is 0 Å². The van der Waals surface area contributed by atoms with Gasteiger partial charge in [-0.25, -0.2) is 0 Å². The van der Waals surface area contributed by atoms with Gasteiger partial charge < -0.3 is 10.6 Å². The fourth-order valence-corrected chi connectivity index (χ4v) is 1.60. The van der Waals surface area contributed by atoms with Crippen LogP contribution in [0.1, 0.15) is 5.56 Å². The monoisotopic (exact) mass is 301 g/mol. The Kier molecular flexibility index (Phi) is 5.05. The summed E-state index contributed by atoms with van der Waals surface area (Å²) in [4.78, 5) is 21.3. The van der Waals surface area contributed by atoms with Crippen molar-refractivity contribution in [1.29, 1.82) is 0 Å². The Balaban J connectivity index is 2.70. The quantitative estimate of drug-likeness (QED) is 0.632. The zero-order valence-electron chi connectivity index (χ0n) is 9.20. The molecular weight excluding hydrogens is 290 g/mol. The molecule has 0 spiro atoms. The van der Waals surface area contributed by atoms with E-state index in [-0.39, 0.29) is 24.7 Å². The van der Waals surface area contributed by atoms with Crippen LogP contribution in [0.3, 0.4) is 0 Å². The van der Waals surface area contributed by atoms with Crippen molar-refractivity contribution in [2.75, 3.05) is 13.6 Å². The Morgan fingerprint density at radius 3 is 2.82 bits per heavy atom. The molecule has 0 saturated carbocycles. The molecule has 2 N–H and O–H groups in total. The number of nitrogens with one attached hydrogen (secondary N) is 2. The van der Waals surface area contributed by atoms with E-state index in [4.69, 9.17) is 0 Å². The first-order chi connectivity index (χ1) is 8.04. The molecule has 0 aromatic heterocycles. The number of nitro benzene ring substituents is 1. The molecule has 1 amide bonds. The zero-order valence-corrected chi connectivity index (χ0v) is 10.8. The number of hydrogen-bond donors (Lipinski definition) is 2. The van der Waals surface area contributed by atoms with Crippen molar-refractivity contribution in [2.45, 2.75) is 6.54 Å². The lowest BCUT2D eigenvalue weighted by atomic mass is 10.2. The number of nitrogens with zero attached hydrogens (tertiary/aromatic N) is 1. The molecule has 1 rings (SSSR count). The molecule has 1 aromatic rings. The molecule has 92 valence electrons. The van der Waals surface area contributed by atoms with Gasteiger partial charge >= 0.3 is 0 Å². The Hall–Kier alpha value is -1.47. The van der Waals surface area contributed by atoms with Crippen LogP contribution in [0, 0.1) is 10.1 Å². The molecule has 0 atom stereocenters. The molecule has 0 bridgehead atoms. The highest BCUT2D eigenvalue weighted by molar-refractivity contribution is 9.10. The Morgan fingerprint density at radius 2 is 2.24 bits per heavy atom. The summed E-state index contributed by atoms with van der Waals surface area (Å²) in [6.07, 6.45) is 0. The average Bonchev–Trinajstić information content (AvgIpc) is 2.30. The van der Waals surface area contributed by atoms with Crippen LogP contribution >= 0.6 is 15.9 Å².